The van der Waals surface area contributed by atoms with Gasteiger partial charge >= 0.3 is 0 Å². The van der Waals surface area contributed by atoms with Gasteiger partial charge in [0.25, 0.3) is 0 Å². The molecule has 1 atom stereocenters. The largest absolute Gasteiger partial charge is 0.355 e. The van der Waals surface area contributed by atoms with Crippen LogP contribution in [0.5, 0.6) is 0 Å². The minimum atomic E-state index is -2.99. The van der Waals surface area contributed by atoms with E-state index in [0.717, 1.165) is 44.1 Å². The van der Waals surface area contributed by atoms with Gasteiger partial charge in [-0.05, 0) is 38.0 Å². The van der Waals surface area contributed by atoms with Gasteiger partial charge in [0.15, 0.2) is 9.84 Å². The second-order valence-corrected chi connectivity index (χ2v) is 11.6. The molecular formula is C23H24FN5O2S2. The Labute approximate surface area is 195 Å². The lowest BCUT2D eigenvalue weighted by Gasteiger charge is -2.20. The Balaban J connectivity index is 1.50. The van der Waals surface area contributed by atoms with Crippen molar-refractivity contribution in [1.82, 2.24) is 19.7 Å². The molecule has 7 nitrogen and oxygen atoms in total. The number of aromatic nitrogens is 4. The molecular weight excluding hydrogens is 461 g/mol. The van der Waals surface area contributed by atoms with E-state index in [2.05, 4.69) is 20.0 Å². The van der Waals surface area contributed by atoms with Crippen molar-refractivity contribution >= 4 is 37.2 Å². The first-order valence-electron chi connectivity index (χ1n) is 10.7. The molecule has 0 aliphatic carbocycles. The van der Waals surface area contributed by atoms with E-state index in [4.69, 9.17) is 0 Å². The van der Waals surface area contributed by atoms with E-state index < -0.39 is 9.84 Å². The zero-order valence-corrected chi connectivity index (χ0v) is 20.2. The van der Waals surface area contributed by atoms with Gasteiger partial charge in [-0.15, -0.1) is 11.3 Å². The molecule has 5 rings (SSSR count). The number of nitrogens with zero attached hydrogens (tertiary/aromatic N) is 5. The van der Waals surface area contributed by atoms with Crippen LogP contribution in [0.3, 0.4) is 0 Å². The summed E-state index contributed by atoms with van der Waals surface area (Å²) in [5, 5.41) is 7.65. The molecule has 1 saturated heterocycles. The van der Waals surface area contributed by atoms with Gasteiger partial charge in [0, 0.05) is 35.8 Å². The van der Waals surface area contributed by atoms with E-state index in [9.17, 15) is 12.8 Å². The van der Waals surface area contributed by atoms with Crippen molar-refractivity contribution < 1.29 is 12.8 Å². The minimum absolute atomic E-state index is 0.111. The Morgan fingerprint density at radius 2 is 1.97 bits per heavy atom. The maximum absolute atomic E-state index is 13.5. The summed E-state index contributed by atoms with van der Waals surface area (Å²) >= 11 is 1.53. The summed E-state index contributed by atoms with van der Waals surface area (Å²) in [6.07, 6.45) is 2.16. The molecule has 172 valence electrons. The van der Waals surface area contributed by atoms with Gasteiger partial charge in [-0.2, -0.15) is 5.10 Å². The Morgan fingerprint density at radius 1 is 1.21 bits per heavy atom. The summed E-state index contributed by atoms with van der Waals surface area (Å²) in [6.45, 7) is 4.53. The molecule has 0 unspecified atom stereocenters. The van der Waals surface area contributed by atoms with Gasteiger partial charge in [-0.1, -0.05) is 12.1 Å². The molecule has 0 saturated carbocycles. The number of anilines is 1. The molecule has 0 spiro atoms. The third kappa shape index (κ3) is 4.02. The topological polar surface area (TPSA) is 81.0 Å². The summed E-state index contributed by atoms with van der Waals surface area (Å²) in [4.78, 5) is 11.9. The van der Waals surface area contributed by atoms with Crippen molar-refractivity contribution in [3.63, 3.8) is 0 Å². The number of fused-ring (bicyclic) bond motifs is 1. The predicted octanol–water partition coefficient (Wildman–Crippen LogP) is 4.31. The first-order valence-corrected chi connectivity index (χ1v) is 13.4. The number of sulfone groups is 1. The molecule has 0 bridgehead atoms. The lowest BCUT2D eigenvalue weighted by atomic mass is 10.1. The highest BCUT2D eigenvalue weighted by molar-refractivity contribution is 7.91. The number of aryl methyl sites for hydroxylation is 1. The van der Waals surface area contributed by atoms with Crippen LogP contribution in [-0.2, 0) is 16.4 Å². The van der Waals surface area contributed by atoms with Gasteiger partial charge in [0.1, 0.15) is 22.8 Å². The second-order valence-electron chi connectivity index (χ2n) is 8.54. The smallest absolute Gasteiger partial charge is 0.152 e. The Bertz CT molecular complexity index is 1440. The van der Waals surface area contributed by atoms with Crippen LogP contribution >= 0.6 is 11.3 Å². The number of halogens is 1. The molecule has 0 N–H and O–H groups in total. The number of hydrogen-bond acceptors (Lipinski definition) is 7. The van der Waals surface area contributed by atoms with Gasteiger partial charge in [0.2, 0.25) is 0 Å². The highest BCUT2D eigenvalue weighted by Crippen LogP contribution is 2.38. The highest BCUT2D eigenvalue weighted by atomic mass is 32.2. The maximum atomic E-state index is 13.5. The molecule has 0 radical (unpaired) electrons. The van der Waals surface area contributed by atoms with Crippen LogP contribution in [0.2, 0.25) is 0 Å². The standard InChI is InChI=1S/C23H24FN5O2S2/c1-14-19(15(2)29(27-14)18-8-9-33(30,31)12-18)10-28(3)22-21-20(11-32-23(21)26-13-25-22)16-4-6-17(24)7-5-16/h4-7,11,13,18H,8-10,12H2,1-3H3/t18-/m1/s1. The van der Waals surface area contributed by atoms with Crippen LogP contribution in [0.25, 0.3) is 21.3 Å². The molecule has 3 aromatic heterocycles. The first kappa shape index (κ1) is 22.0. The SMILES string of the molecule is Cc1nn([C@@H]2CCS(=O)(=O)C2)c(C)c1CN(C)c1ncnc2scc(-c3ccc(F)cc3)c12. The van der Waals surface area contributed by atoms with E-state index in [1.54, 1.807) is 18.5 Å². The third-order valence-electron chi connectivity index (χ3n) is 6.29. The molecule has 1 aliphatic rings. The van der Waals surface area contributed by atoms with Crippen LogP contribution in [0.4, 0.5) is 10.2 Å². The molecule has 4 heterocycles. The summed E-state index contributed by atoms with van der Waals surface area (Å²) in [7, 11) is -1.02. The molecule has 0 amide bonds. The average molecular weight is 486 g/mol. The number of hydrogen-bond donors (Lipinski definition) is 0. The summed E-state index contributed by atoms with van der Waals surface area (Å²) in [5.41, 5.74) is 4.81. The Hall–Kier alpha value is -2.85. The number of rotatable bonds is 5. The molecule has 10 heteroatoms. The lowest BCUT2D eigenvalue weighted by Crippen LogP contribution is -2.19. The number of benzene rings is 1. The fourth-order valence-corrected chi connectivity index (χ4v) is 7.15. The highest BCUT2D eigenvalue weighted by Gasteiger charge is 2.31. The van der Waals surface area contributed by atoms with Crippen LogP contribution in [-0.4, -0.2) is 46.7 Å². The Kier molecular flexibility index (Phi) is 5.44. The zero-order chi connectivity index (χ0) is 23.3. The monoisotopic (exact) mass is 485 g/mol. The fourth-order valence-electron chi connectivity index (χ4n) is 4.55. The van der Waals surface area contributed by atoms with E-state index in [1.165, 1.54) is 23.5 Å². The van der Waals surface area contributed by atoms with Crippen molar-refractivity contribution in [3.05, 3.63) is 58.7 Å². The number of thiophene rings is 1. The third-order valence-corrected chi connectivity index (χ3v) is 8.93. The summed E-state index contributed by atoms with van der Waals surface area (Å²) in [5.74, 6) is 0.877. The van der Waals surface area contributed by atoms with Gasteiger partial charge < -0.3 is 4.90 Å². The van der Waals surface area contributed by atoms with Crippen molar-refractivity contribution in [3.8, 4) is 11.1 Å². The first-order chi connectivity index (χ1) is 15.7. The molecule has 1 aliphatic heterocycles. The van der Waals surface area contributed by atoms with E-state index in [1.807, 2.05) is 31.0 Å². The maximum Gasteiger partial charge on any atom is 0.152 e. The Morgan fingerprint density at radius 3 is 2.67 bits per heavy atom. The molecule has 1 aromatic carbocycles. The summed E-state index contributed by atoms with van der Waals surface area (Å²) < 4.78 is 39.3. The van der Waals surface area contributed by atoms with Gasteiger partial charge in [0.05, 0.1) is 28.6 Å². The van der Waals surface area contributed by atoms with Crippen molar-refractivity contribution in [1.29, 1.82) is 0 Å². The van der Waals surface area contributed by atoms with E-state index >= 15 is 0 Å². The van der Waals surface area contributed by atoms with Gasteiger partial charge in [-0.25, -0.2) is 22.8 Å². The van der Waals surface area contributed by atoms with Gasteiger partial charge in [-0.3, -0.25) is 4.68 Å². The summed E-state index contributed by atoms with van der Waals surface area (Å²) in [6, 6.07) is 6.33. The molecule has 33 heavy (non-hydrogen) atoms. The lowest BCUT2D eigenvalue weighted by molar-refractivity contribution is 0.485. The average Bonchev–Trinajstić information content (AvgIpc) is 3.45. The van der Waals surface area contributed by atoms with Crippen LogP contribution in [0.15, 0.2) is 36.0 Å². The zero-order valence-electron chi connectivity index (χ0n) is 18.6. The second kappa shape index (κ2) is 8.18. The minimum Gasteiger partial charge on any atom is -0.355 e. The quantitative estimate of drug-likeness (QED) is 0.419. The molecule has 1 fully saturated rings. The predicted molar refractivity (Wildman–Crippen MR) is 129 cm³/mol. The van der Waals surface area contributed by atoms with Crippen LogP contribution < -0.4 is 4.90 Å². The van der Waals surface area contributed by atoms with E-state index in [-0.39, 0.29) is 23.4 Å². The van der Waals surface area contributed by atoms with Crippen LogP contribution in [0, 0.1) is 19.7 Å². The molecule has 4 aromatic rings. The van der Waals surface area contributed by atoms with E-state index in [0.29, 0.717) is 13.0 Å². The van der Waals surface area contributed by atoms with Crippen molar-refractivity contribution in [2.75, 3.05) is 23.5 Å². The van der Waals surface area contributed by atoms with Crippen LogP contribution in [0.1, 0.15) is 29.4 Å². The normalized spacial score (nSPS) is 17.6. The fraction of sp³-hybridized carbons (Fsp3) is 0.348. The van der Waals surface area contributed by atoms with Crippen molar-refractivity contribution in [2.45, 2.75) is 32.9 Å². The van der Waals surface area contributed by atoms with Crippen molar-refractivity contribution in [2.24, 2.45) is 0 Å².